The topological polar surface area (TPSA) is 58.6 Å². The first kappa shape index (κ1) is 22.2. The van der Waals surface area contributed by atoms with Gasteiger partial charge in [-0.05, 0) is 53.6 Å². The number of rotatable bonds is 4. The van der Waals surface area contributed by atoms with Crippen molar-refractivity contribution in [2.45, 2.75) is 6.92 Å². The normalized spacial score (nSPS) is 14.3. The van der Waals surface area contributed by atoms with Crippen LogP contribution in [0.5, 0.6) is 5.75 Å². The average molecular weight is 473 g/mol. The van der Waals surface area contributed by atoms with Crippen molar-refractivity contribution < 1.29 is 9.53 Å². The van der Waals surface area contributed by atoms with Crippen molar-refractivity contribution in [2.75, 3.05) is 38.2 Å². The molecule has 0 aliphatic carbocycles. The minimum absolute atomic E-state index is 0.0490. The van der Waals surface area contributed by atoms with Crippen LogP contribution < -0.4 is 9.64 Å². The smallest absolute Gasteiger partial charge is 0.246 e. The van der Waals surface area contributed by atoms with Gasteiger partial charge in [-0.3, -0.25) is 4.79 Å². The highest BCUT2D eigenvalue weighted by atomic mass is 35.5. The molecule has 6 nitrogen and oxygen atoms in total. The maximum absolute atomic E-state index is 12.2. The lowest BCUT2D eigenvalue weighted by Gasteiger charge is -2.35. The zero-order valence-corrected chi connectivity index (χ0v) is 19.9. The zero-order chi connectivity index (χ0) is 23.7. The number of fused-ring (bicyclic) bond motifs is 2. The van der Waals surface area contributed by atoms with Crippen molar-refractivity contribution in [3.8, 4) is 16.9 Å². The van der Waals surface area contributed by atoms with Gasteiger partial charge in [-0.1, -0.05) is 41.9 Å². The Balaban J connectivity index is 1.54. The Hall–Kier alpha value is -3.64. The van der Waals surface area contributed by atoms with Crippen LogP contribution in [0.15, 0.2) is 67.0 Å². The van der Waals surface area contributed by atoms with Crippen LogP contribution in [0.1, 0.15) is 6.92 Å². The molecule has 1 aliphatic heterocycles. The molecule has 5 rings (SSSR count). The van der Waals surface area contributed by atoms with E-state index in [2.05, 4.69) is 27.0 Å². The maximum Gasteiger partial charge on any atom is 0.246 e. The summed E-state index contributed by atoms with van der Waals surface area (Å²) in [6.45, 7) is 4.56. The van der Waals surface area contributed by atoms with E-state index in [0.717, 1.165) is 44.4 Å². The first-order chi connectivity index (χ1) is 16.6. The molecule has 4 aromatic rings. The summed E-state index contributed by atoms with van der Waals surface area (Å²) in [5.74, 6) is 1.67. The molecule has 34 heavy (non-hydrogen) atoms. The highest BCUT2D eigenvalue weighted by Gasteiger charge is 2.23. The maximum atomic E-state index is 12.2. The van der Waals surface area contributed by atoms with E-state index in [1.807, 2.05) is 48.2 Å². The number of methoxy groups -OCH3 is 1. The lowest BCUT2D eigenvalue weighted by molar-refractivity contribution is -0.126. The van der Waals surface area contributed by atoms with Gasteiger partial charge in [0.25, 0.3) is 0 Å². The second-order valence-electron chi connectivity index (χ2n) is 8.25. The van der Waals surface area contributed by atoms with E-state index in [-0.39, 0.29) is 5.91 Å². The van der Waals surface area contributed by atoms with E-state index < -0.39 is 0 Å². The van der Waals surface area contributed by atoms with Gasteiger partial charge in [0.1, 0.15) is 17.9 Å². The summed E-state index contributed by atoms with van der Waals surface area (Å²) in [6, 6.07) is 16.2. The van der Waals surface area contributed by atoms with E-state index >= 15 is 0 Å². The van der Waals surface area contributed by atoms with Gasteiger partial charge in [-0.25, -0.2) is 9.97 Å². The molecular weight excluding hydrogens is 448 g/mol. The number of carbonyl (C=O) groups excluding carboxylic acids is 1. The predicted octanol–water partition coefficient (Wildman–Crippen LogP) is 5.34. The number of amides is 1. The van der Waals surface area contributed by atoms with Crippen LogP contribution in [0.25, 0.3) is 32.8 Å². The number of anilines is 1. The Morgan fingerprint density at radius 3 is 2.56 bits per heavy atom. The van der Waals surface area contributed by atoms with Gasteiger partial charge >= 0.3 is 0 Å². The van der Waals surface area contributed by atoms with Crippen LogP contribution in [0.3, 0.4) is 0 Å². The molecular formula is C27H25ClN4O2. The minimum Gasteiger partial charge on any atom is -0.497 e. The Bertz CT molecular complexity index is 1410. The van der Waals surface area contributed by atoms with Crippen molar-refractivity contribution >= 4 is 45.0 Å². The standard InChI is InChI=1S/C27H25ClN4O2/c1-3-6-26(33)31-9-11-32(12-10-31)27-23-15-24(28)22(16-25(23)29-17-30-27)21-14-19(34-2)13-18-7-4-5-8-20(18)21/h3-8,13-17H,9-12H2,1-2H3/b6-3+. The number of benzene rings is 3. The fraction of sp³-hybridized carbons (Fsp3) is 0.222. The Kier molecular flexibility index (Phi) is 6.07. The summed E-state index contributed by atoms with van der Waals surface area (Å²) in [7, 11) is 1.67. The van der Waals surface area contributed by atoms with E-state index in [1.54, 1.807) is 25.6 Å². The van der Waals surface area contributed by atoms with E-state index in [1.165, 1.54) is 0 Å². The minimum atomic E-state index is 0.0490. The third-order valence-electron chi connectivity index (χ3n) is 6.26. The highest BCUT2D eigenvalue weighted by molar-refractivity contribution is 6.34. The van der Waals surface area contributed by atoms with Crippen LogP contribution in [0.4, 0.5) is 5.82 Å². The zero-order valence-electron chi connectivity index (χ0n) is 19.2. The van der Waals surface area contributed by atoms with Gasteiger partial charge in [0.2, 0.25) is 5.91 Å². The molecule has 0 N–H and O–H groups in total. The molecule has 0 bridgehead atoms. The SMILES string of the molecule is C/C=C/C(=O)N1CCN(c2ncnc3cc(-c4cc(OC)cc5ccccc45)c(Cl)cc23)CC1. The molecule has 0 unspecified atom stereocenters. The number of piperazine rings is 1. The first-order valence-electron chi connectivity index (χ1n) is 11.3. The number of carbonyl (C=O) groups is 1. The molecule has 1 fully saturated rings. The molecule has 0 atom stereocenters. The third-order valence-corrected chi connectivity index (χ3v) is 6.58. The number of halogens is 1. The summed E-state index contributed by atoms with van der Waals surface area (Å²) in [5, 5.41) is 3.71. The molecule has 0 radical (unpaired) electrons. The van der Waals surface area contributed by atoms with E-state index in [4.69, 9.17) is 16.3 Å². The molecule has 0 spiro atoms. The van der Waals surface area contributed by atoms with Gasteiger partial charge in [0.05, 0.1) is 12.6 Å². The largest absolute Gasteiger partial charge is 0.497 e. The molecule has 1 saturated heterocycles. The molecule has 1 aromatic heterocycles. The predicted molar refractivity (Wildman–Crippen MR) is 138 cm³/mol. The average Bonchev–Trinajstić information content (AvgIpc) is 2.87. The summed E-state index contributed by atoms with van der Waals surface area (Å²) in [6.07, 6.45) is 4.98. The van der Waals surface area contributed by atoms with Crippen molar-refractivity contribution in [3.05, 3.63) is 72.0 Å². The monoisotopic (exact) mass is 472 g/mol. The Morgan fingerprint density at radius 2 is 1.79 bits per heavy atom. The van der Waals surface area contributed by atoms with Crippen LogP contribution >= 0.6 is 11.6 Å². The fourth-order valence-electron chi connectivity index (χ4n) is 4.53. The molecule has 7 heteroatoms. The lowest BCUT2D eigenvalue weighted by Crippen LogP contribution is -2.48. The molecule has 2 heterocycles. The number of nitrogens with zero attached hydrogens (tertiary/aromatic N) is 4. The van der Waals surface area contributed by atoms with Gasteiger partial charge in [0.15, 0.2) is 0 Å². The fourth-order valence-corrected chi connectivity index (χ4v) is 4.80. The van der Waals surface area contributed by atoms with Gasteiger partial charge in [0, 0.05) is 42.2 Å². The van der Waals surface area contributed by atoms with E-state index in [0.29, 0.717) is 31.2 Å². The van der Waals surface area contributed by atoms with Crippen molar-refractivity contribution in [1.29, 1.82) is 0 Å². The number of hydrogen-bond acceptors (Lipinski definition) is 5. The molecule has 1 amide bonds. The third kappa shape index (κ3) is 4.05. The quantitative estimate of drug-likeness (QED) is 0.375. The number of ether oxygens (including phenoxy) is 1. The van der Waals surface area contributed by atoms with Gasteiger partial charge in [-0.15, -0.1) is 0 Å². The van der Waals surface area contributed by atoms with Crippen LogP contribution in [-0.2, 0) is 4.79 Å². The molecule has 0 saturated carbocycles. The number of allylic oxidation sites excluding steroid dienone is 1. The van der Waals surface area contributed by atoms with Crippen LogP contribution in [-0.4, -0.2) is 54.1 Å². The molecule has 3 aromatic carbocycles. The van der Waals surface area contributed by atoms with Crippen LogP contribution in [0, 0.1) is 0 Å². The number of aromatic nitrogens is 2. The Morgan fingerprint density at radius 1 is 1.00 bits per heavy atom. The van der Waals surface area contributed by atoms with E-state index in [9.17, 15) is 4.79 Å². The van der Waals surface area contributed by atoms with Crippen molar-refractivity contribution in [1.82, 2.24) is 14.9 Å². The van der Waals surface area contributed by atoms with Crippen molar-refractivity contribution in [3.63, 3.8) is 0 Å². The second kappa shape index (κ2) is 9.31. The van der Waals surface area contributed by atoms with Gasteiger partial charge < -0.3 is 14.5 Å². The Labute approximate surface area is 203 Å². The summed E-state index contributed by atoms with van der Waals surface area (Å²) in [5.41, 5.74) is 2.72. The molecule has 172 valence electrons. The van der Waals surface area contributed by atoms with Crippen molar-refractivity contribution in [2.24, 2.45) is 0 Å². The summed E-state index contributed by atoms with van der Waals surface area (Å²) in [4.78, 5) is 25.4. The highest BCUT2D eigenvalue weighted by Crippen LogP contribution is 2.39. The summed E-state index contributed by atoms with van der Waals surface area (Å²) >= 11 is 6.87. The first-order valence-corrected chi connectivity index (χ1v) is 11.6. The van der Waals surface area contributed by atoms with Gasteiger partial charge in [-0.2, -0.15) is 0 Å². The molecule has 1 aliphatic rings. The number of hydrogen-bond donors (Lipinski definition) is 0. The second-order valence-corrected chi connectivity index (χ2v) is 8.66. The summed E-state index contributed by atoms with van der Waals surface area (Å²) < 4.78 is 5.54. The van der Waals surface area contributed by atoms with Crippen LogP contribution in [0.2, 0.25) is 5.02 Å². The lowest BCUT2D eigenvalue weighted by atomic mass is 9.96.